The van der Waals surface area contributed by atoms with Crippen molar-refractivity contribution in [1.29, 1.82) is 0 Å². The number of rotatable bonds is 3. The number of imidazole rings is 1. The summed E-state index contributed by atoms with van der Waals surface area (Å²) in [6.45, 7) is 8.63. The van der Waals surface area contributed by atoms with Crippen LogP contribution >= 0.6 is 0 Å². The molecular formula is C13H22N6O. The van der Waals surface area contributed by atoms with Crippen LogP contribution in [-0.2, 0) is 18.3 Å². The van der Waals surface area contributed by atoms with E-state index < -0.39 is 0 Å². The van der Waals surface area contributed by atoms with Crippen molar-refractivity contribution in [2.24, 2.45) is 7.05 Å². The molecular weight excluding hydrogens is 256 g/mol. The monoisotopic (exact) mass is 278 g/mol. The SMILES string of the molecule is CCN1CCOC(Cn2c(N)nc3c(C)nn(C)c32)C1. The lowest BCUT2D eigenvalue weighted by atomic mass is 10.2. The molecule has 0 amide bonds. The lowest BCUT2D eigenvalue weighted by Crippen LogP contribution is -2.44. The van der Waals surface area contributed by atoms with Crippen LogP contribution in [0.1, 0.15) is 12.6 Å². The third-order valence-corrected chi connectivity index (χ3v) is 3.98. The Morgan fingerprint density at radius 2 is 2.25 bits per heavy atom. The van der Waals surface area contributed by atoms with Gasteiger partial charge in [-0.05, 0) is 13.5 Å². The summed E-state index contributed by atoms with van der Waals surface area (Å²) in [5, 5.41) is 4.40. The molecule has 0 spiro atoms. The van der Waals surface area contributed by atoms with Crippen molar-refractivity contribution in [2.75, 3.05) is 32.0 Å². The molecule has 7 nitrogen and oxygen atoms in total. The number of aromatic nitrogens is 4. The smallest absolute Gasteiger partial charge is 0.202 e. The standard InChI is InChI=1S/C13H22N6O/c1-4-18-5-6-20-10(7-18)8-19-12-11(15-13(19)14)9(2)16-17(12)3/h10H,4-8H2,1-3H3,(H2,14,15). The number of ether oxygens (including phenoxy) is 1. The predicted molar refractivity (Wildman–Crippen MR) is 77.5 cm³/mol. The highest BCUT2D eigenvalue weighted by Crippen LogP contribution is 2.21. The maximum Gasteiger partial charge on any atom is 0.202 e. The van der Waals surface area contributed by atoms with Gasteiger partial charge in [-0.2, -0.15) is 5.10 Å². The van der Waals surface area contributed by atoms with Gasteiger partial charge in [0, 0.05) is 20.1 Å². The Morgan fingerprint density at radius 1 is 1.45 bits per heavy atom. The molecule has 1 saturated heterocycles. The minimum atomic E-state index is 0.151. The van der Waals surface area contributed by atoms with E-state index in [1.54, 1.807) is 0 Å². The molecule has 1 aliphatic heterocycles. The molecule has 1 fully saturated rings. The summed E-state index contributed by atoms with van der Waals surface area (Å²) < 4.78 is 9.71. The van der Waals surface area contributed by atoms with Crippen molar-refractivity contribution in [3.8, 4) is 0 Å². The minimum absolute atomic E-state index is 0.151. The number of hydrogen-bond donors (Lipinski definition) is 1. The van der Waals surface area contributed by atoms with E-state index in [4.69, 9.17) is 10.5 Å². The maximum atomic E-state index is 6.06. The largest absolute Gasteiger partial charge is 0.374 e. The van der Waals surface area contributed by atoms with Crippen molar-refractivity contribution in [3.63, 3.8) is 0 Å². The van der Waals surface area contributed by atoms with E-state index in [9.17, 15) is 0 Å². The number of nitrogens with zero attached hydrogens (tertiary/aromatic N) is 5. The van der Waals surface area contributed by atoms with Gasteiger partial charge < -0.3 is 10.5 Å². The molecule has 0 saturated carbocycles. The number of fused-ring (bicyclic) bond motifs is 1. The molecule has 0 aliphatic carbocycles. The second-order valence-electron chi connectivity index (χ2n) is 5.35. The molecule has 1 aliphatic rings. The average molecular weight is 278 g/mol. The number of morpholine rings is 1. The summed E-state index contributed by atoms with van der Waals surface area (Å²) in [6, 6.07) is 0. The quantitative estimate of drug-likeness (QED) is 0.878. The highest BCUT2D eigenvalue weighted by Gasteiger charge is 2.23. The number of anilines is 1. The van der Waals surface area contributed by atoms with Crippen LogP contribution in [0.3, 0.4) is 0 Å². The molecule has 1 atom stereocenters. The van der Waals surface area contributed by atoms with Crippen LogP contribution in [0.2, 0.25) is 0 Å². The van der Waals surface area contributed by atoms with E-state index >= 15 is 0 Å². The van der Waals surface area contributed by atoms with Crippen LogP contribution in [0.25, 0.3) is 11.2 Å². The average Bonchev–Trinajstić information content (AvgIpc) is 2.89. The van der Waals surface area contributed by atoms with E-state index in [0.717, 1.165) is 49.6 Å². The van der Waals surface area contributed by atoms with Crippen LogP contribution in [0.4, 0.5) is 5.95 Å². The Bertz CT molecular complexity index is 616. The van der Waals surface area contributed by atoms with E-state index in [1.165, 1.54) is 0 Å². The zero-order chi connectivity index (χ0) is 14.3. The van der Waals surface area contributed by atoms with Gasteiger partial charge in [0.2, 0.25) is 5.95 Å². The van der Waals surface area contributed by atoms with Gasteiger partial charge in [-0.15, -0.1) is 0 Å². The Kier molecular flexibility index (Phi) is 3.39. The summed E-state index contributed by atoms with van der Waals surface area (Å²) in [5.74, 6) is 0.535. The lowest BCUT2D eigenvalue weighted by Gasteiger charge is -2.32. The number of aryl methyl sites for hydroxylation is 2. The topological polar surface area (TPSA) is 74.1 Å². The molecule has 3 heterocycles. The first-order chi connectivity index (χ1) is 9.60. The van der Waals surface area contributed by atoms with E-state index in [1.807, 2.05) is 23.2 Å². The number of nitrogen functional groups attached to an aromatic ring is 1. The van der Waals surface area contributed by atoms with Crippen molar-refractivity contribution in [3.05, 3.63) is 5.69 Å². The summed E-state index contributed by atoms with van der Waals surface area (Å²) in [5.41, 5.74) is 8.82. The highest BCUT2D eigenvalue weighted by molar-refractivity contribution is 5.77. The molecule has 3 rings (SSSR count). The molecule has 110 valence electrons. The third kappa shape index (κ3) is 2.16. The molecule has 0 aromatic carbocycles. The Labute approximate surface area is 118 Å². The number of hydrogen-bond acceptors (Lipinski definition) is 5. The molecule has 7 heteroatoms. The maximum absolute atomic E-state index is 6.06. The second kappa shape index (κ2) is 5.06. The summed E-state index contributed by atoms with van der Waals surface area (Å²) >= 11 is 0. The Balaban J connectivity index is 1.88. The summed E-state index contributed by atoms with van der Waals surface area (Å²) in [4.78, 5) is 6.82. The van der Waals surface area contributed by atoms with E-state index in [-0.39, 0.29) is 6.10 Å². The molecule has 1 unspecified atom stereocenters. The fraction of sp³-hybridized carbons (Fsp3) is 0.692. The van der Waals surface area contributed by atoms with Gasteiger partial charge in [0.1, 0.15) is 5.52 Å². The molecule has 2 aromatic heterocycles. The minimum Gasteiger partial charge on any atom is -0.374 e. The van der Waals surface area contributed by atoms with Crippen molar-refractivity contribution >= 4 is 17.1 Å². The normalized spacial score (nSPS) is 20.9. The van der Waals surface area contributed by atoms with Crippen molar-refractivity contribution < 1.29 is 4.74 Å². The van der Waals surface area contributed by atoms with Gasteiger partial charge >= 0.3 is 0 Å². The lowest BCUT2D eigenvalue weighted by molar-refractivity contribution is -0.0336. The first-order valence-electron chi connectivity index (χ1n) is 7.09. The van der Waals surface area contributed by atoms with Gasteiger partial charge in [0.05, 0.1) is 24.9 Å². The van der Waals surface area contributed by atoms with E-state index in [0.29, 0.717) is 5.95 Å². The van der Waals surface area contributed by atoms with Crippen LogP contribution in [0.15, 0.2) is 0 Å². The Morgan fingerprint density at radius 3 is 3.00 bits per heavy atom. The Hall–Kier alpha value is -1.60. The fourth-order valence-corrected chi connectivity index (χ4v) is 2.91. The van der Waals surface area contributed by atoms with Crippen LogP contribution < -0.4 is 5.73 Å². The third-order valence-electron chi connectivity index (χ3n) is 3.98. The van der Waals surface area contributed by atoms with Crippen molar-refractivity contribution in [2.45, 2.75) is 26.5 Å². The summed E-state index contributed by atoms with van der Waals surface area (Å²) in [7, 11) is 1.92. The van der Waals surface area contributed by atoms with Gasteiger partial charge in [-0.25, -0.2) is 4.98 Å². The first-order valence-corrected chi connectivity index (χ1v) is 7.09. The molecule has 2 N–H and O–H groups in total. The van der Waals surface area contributed by atoms with E-state index in [2.05, 4.69) is 21.9 Å². The number of likely N-dealkylation sites (N-methyl/N-ethyl adjacent to an activating group) is 1. The molecule has 0 bridgehead atoms. The van der Waals surface area contributed by atoms with Gasteiger partial charge in [-0.1, -0.05) is 6.92 Å². The van der Waals surface area contributed by atoms with Gasteiger partial charge in [-0.3, -0.25) is 14.1 Å². The predicted octanol–water partition coefficient (Wildman–Crippen LogP) is 0.381. The number of nitrogens with two attached hydrogens (primary N) is 1. The van der Waals surface area contributed by atoms with Gasteiger partial charge in [0.15, 0.2) is 5.65 Å². The summed E-state index contributed by atoms with van der Waals surface area (Å²) in [6.07, 6.45) is 0.151. The van der Waals surface area contributed by atoms with Crippen LogP contribution in [0.5, 0.6) is 0 Å². The highest BCUT2D eigenvalue weighted by atomic mass is 16.5. The first kappa shape index (κ1) is 13.4. The zero-order valence-corrected chi connectivity index (χ0v) is 12.3. The van der Waals surface area contributed by atoms with Gasteiger partial charge in [0.25, 0.3) is 0 Å². The molecule has 0 radical (unpaired) electrons. The van der Waals surface area contributed by atoms with Crippen LogP contribution in [0, 0.1) is 6.92 Å². The molecule has 2 aromatic rings. The zero-order valence-electron chi connectivity index (χ0n) is 12.3. The molecule has 20 heavy (non-hydrogen) atoms. The fourth-order valence-electron chi connectivity index (χ4n) is 2.91. The van der Waals surface area contributed by atoms with Crippen molar-refractivity contribution in [1.82, 2.24) is 24.2 Å². The van der Waals surface area contributed by atoms with Crippen LogP contribution in [-0.4, -0.2) is 56.6 Å². The second-order valence-corrected chi connectivity index (χ2v) is 5.35.